The number of nitrogens with one attached hydrogen (secondary N) is 1. The smallest absolute Gasteiger partial charge is 0.00235 e. The molecule has 0 aromatic rings. The van der Waals surface area contributed by atoms with E-state index in [0.29, 0.717) is 0 Å². The van der Waals surface area contributed by atoms with Gasteiger partial charge in [-0.2, -0.15) is 0 Å². The second-order valence-corrected chi connectivity index (χ2v) is 12.2. The van der Waals surface area contributed by atoms with E-state index in [9.17, 15) is 0 Å². The van der Waals surface area contributed by atoms with Crippen molar-refractivity contribution in [1.82, 2.24) is 5.32 Å². The second kappa shape index (κ2) is 35.9. The minimum atomic E-state index is 0.890. The fourth-order valence-electron chi connectivity index (χ4n) is 5.48. The van der Waals surface area contributed by atoms with Crippen LogP contribution in [0.1, 0.15) is 181 Å². The standard InChI is InChI=1S/C39H73N/c1-4-6-8-10-12-14-16-18-20-22-24-26-28-30-32-34-36-39(38-40-3)37-35-33-31-29-27-25-23-21-19-17-15-13-11-9-7-5-2/h12-15,18-21,39-40H,4-11,16-17,22-38H2,1-3H3/b14-12-,15-13-,20-18-,21-19-. The Labute approximate surface area is 253 Å². The highest BCUT2D eigenvalue weighted by Gasteiger charge is 2.07. The summed E-state index contributed by atoms with van der Waals surface area (Å²) in [6, 6.07) is 0. The van der Waals surface area contributed by atoms with E-state index in [4.69, 9.17) is 0 Å². The molecule has 0 radical (unpaired) electrons. The van der Waals surface area contributed by atoms with Crippen molar-refractivity contribution in [3.8, 4) is 0 Å². The Morgan fingerprint density at radius 2 is 0.725 bits per heavy atom. The monoisotopic (exact) mass is 556 g/mol. The molecule has 0 aliphatic rings. The lowest BCUT2D eigenvalue weighted by molar-refractivity contribution is 0.391. The second-order valence-electron chi connectivity index (χ2n) is 12.2. The van der Waals surface area contributed by atoms with E-state index in [0.717, 1.165) is 18.8 Å². The zero-order valence-electron chi connectivity index (χ0n) is 27.8. The molecule has 0 fully saturated rings. The minimum absolute atomic E-state index is 0.890. The molecule has 0 bridgehead atoms. The van der Waals surface area contributed by atoms with Crippen LogP contribution in [-0.2, 0) is 0 Å². The Kier molecular flexibility index (Phi) is 35.0. The van der Waals surface area contributed by atoms with Crippen LogP contribution in [-0.4, -0.2) is 13.6 Å². The summed E-state index contributed by atoms with van der Waals surface area (Å²) in [5, 5.41) is 3.46. The Bertz CT molecular complexity index is 521. The largest absolute Gasteiger partial charge is 0.319 e. The normalized spacial score (nSPS) is 12.5. The first-order valence-corrected chi connectivity index (χ1v) is 18.1. The van der Waals surface area contributed by atoms with Gasteiger partial charge >= 0.3 is 0 Å². The number of hydrogen-bond donors (Lipinski definition) is 1. The number of rotatable bonds is 32. The van der Waals surface area contributed by atoms with Gasteiger partial charge in [0.15, 0.2) is 0 Å². The molecule has 0 aliphatic carbocycles. The molecule has 0 atom stereocenters. The van der Waals surface area contributed by atoms with Crippen molar-refractivity contribution >= 4 is 0 Å². The Morgan fingerprint density at radius 3 is 1.07 bits per heavy atom. The van der Waals surface area contributed by atoms with Crippen LogP contribution >= 0.6 is 0 Å². The fraction of sp³-hybridized carbons (Fsp3) is 0.795. The Hall–Kier alpha value is -1.08. The van der Waals surface area contributed by atoms with Crippen molar-refractivity contribution < 1.29 is 0 Å². The van der Waals surface area contributed by atoms with E-state index in [1.165, 1.54) is 161 Å². The number of unbranched alkanes of at least 4 members (excludes halogenated alkanes) is 18. The molecule has 0 aromatic carbocycles. The Balaban J connectivity index is 3.51. The third-order valence-corrected chi connectivity index (χ3v) is 8.12. The van der Waals surface area contributed by atoms with E-state index >= 15 is 0 Å². The maximum atomic E-state index is 3.46. The molecule has 0 aliphatic heterocycles. The van der Waals surface area contributed by atoms with Gasteiger partial charge in [-0.05, 0) is 96.6 Å². The van der Waals surface area contributed by atoms with Crippen LogP contribution < -0.4 is 5.32 Å². The SMILES string of the molecule is CCCCC/C=C\C/C=C\CCCCCCCCC(CCCCCCCC/C=C\C/C=C\CCCCC)CNC. The molecule has 0 aromatic heterocycles. The van der Waals surface area contributed by atoms with Gasteiger partial charge in [0.1, 0.15) is 0 Å². The van der Waals surface area contributed by atoms with Gasteiger partial charge < -0.3 is 5.32 Å². The lowest BCUT2D eigenvalue weighted by atomic mass is 9.94. The molecular formula is C39H73N. The lowest BCUT2D eigenvalue weighted by Gasteiger charge is -2.16. The van der Waals surface area contributed by atoms with Crippen molar-refractivity contribution in [3.63, 3.8) is 0 Å². The van der Waals surface area contributed by atoms with Crippen molar-refractivity contribution in [2.45, 2.75) is 181 Å². The molecule has 0 amide bonds. The summed E-state index contributed by atoms with van der Waals surface area (Å²) < 4.78 is 0. The van der Waals surface area contributed by atoms with E-state index in [1.807, 2.05) is 0 Å². The molecule has 1 nitrogen and oxygen atoms in total. The molecule has 1 heteroatoms. The van der Waals surface area contributed by atoms with Gasteiger partial charge in [-0.1, -0.05) is 152 Å². The molecule has 234 valence electrons. The minimum Gasteiger partial charge on any atom is -0.319 e. The summed E-state index contributed by atoms with van der Waals surface area (Å²) in [6.07, 6.45) is 54.1. The highest BCUT2D eigenvalue weighted by Crippen LogP contribution is 2.19. The summed E-state index contributed by atoms with van der Waals surface area (Å²) in [5.41, 5.74) is 0. The molecule has 40 heavy (non-hydrogen) atoms. The van der Waals surface area contributed by atoms with Crippen LogP contribution in [0.25, 0.3) is 0 Å². The molecule has 0 saturated heterocycles. The van der Waals surface area contributed by atoms with Crippen LogP contribution in [0.3, 0.4) is 0 Å². The molecule has 0 spiro atoms. The van der Waals surface area contributed by atoms with Crippen LogP contribution in [0.2, 0.25) is 0 Å². The first-order valence-electron chi connectivity index (χ1n) is 18.1. The average Bonchev–Trinajstić information content (AvgIpc) is 2.96. The molecule has 0 heterocycles. The predicted molar refractivity (Wildman–Crippen MR) is 185 cm³/mol. The van der Waals surface area contributed by atoms with E-state index in [2.05, 4.69) is 74.8 Å². The van der Waals surface area contributed by atoms with Gasteiger partial charge in [0.2, 0.25) is 0 Å². The zero-order chi connectivity index (χ0) is 29.0. The Morgan fingerprint density at radius 1 is 0.400 bits per heavy atom. The summed E-state index contributed by atoms with van der Waals surface area (Å²) in [7, 11) is 2.13. The van der Waals surface area contributed by atoms with Gasteiger partial charge in [-0.3, -0.25) is 0 Å². The van der Waals surface area contributed by atoms with Gasteiger partial charge in [0, 0.05) is 0 Å². The summed E-state index contributed by atoms with van der Waals surface area (Å²) in [5.74, 6) is 0.890. The summed E-state index contributed by atoms with van der Waals surface area (Å²) >= 11 is 0. The molecular weight excluding hydrogens is 482 g/mol. The molecule has 0 unspecified atom stereocenters. The van der Waals surface area contributed by atoms with E-state index in [-0.39, 0.29) is 0 Å². The van der Waals surface area contributed by atoms with Crippen molar-refractivity contribution in [3.05, 3.63) is 48.6 Å². The van der Waals surface area contributed by atoms with Crippen LogP contribution in [0.4, 0.5) is 0 Å². The topological polar surface area (TPSA) is 12.0 Å². The van der Waals surface area contributed by atoms with Gasteiger partial charge in [0.05, 0.1) is 0 Å². The maximum Gasteiger partial charge on any atom is -0.00235 e. The highest BCUT2D eigenvalue weighted by molar-refractivity contribution is 4.93. The third kappa shape index (κ3) is 33.1. The lowest BCUT2D eigenvalue weighted by Crippen LogP contribution is -2.18. The van der Waals surface area contributed by atoms with E-state index < -0.39 is 0 Å². The zero-order valence-corrected chi connectivity index (χ0v) is 27.8. The van der Waals surface area contributed by atoms with Crippen molar-refractivity contribution in [1.29, 1.82) is 0 Å². The van der Waals surface area contributed by atoms with Gasteiger partial charge in [-0.15, -0.1) is 0 Å². The van der Waals surface area contributed by atoms with Crippen LogP contribution in [0.5, 0.6) is 0 Å². The molecule has 1 N–H and O–H groups in total. The van der Waals surface area contributed by atoms with Gasteiger partial charge in [0.25, 0.3) is 0 Å². The van der Waals surface area contributed by atoms with Crippen molar-refractivity contribution in [2.75, 3.05) is 13.6 Å². The van der Waals surface area contributed by atoms with Crippen LogP contribution in [0.15, 0.2) is 48.6 Å². The third-order valence-electron chi connectivity index (χ3n) is 8.12. The average molecular weight is 556 g/mol. The van der Waals surface area contributed by atoms with Crippen LogP contribution in [0, 0.1) is 5.92 Å². The molecule has 0 rings (SSSR count). The summed E-state index contributed by atoms with van der Waals surface area (Å²) in [6.45, 7) is 5.75. The number of hydrogen-bond acceptors (Lipinski definition) is 1. The highest BCUT2D eigenvalue weighted by atomic mass is 14.8. The quantitative estimate of drug-likeness (QED) is 0.0643. The maximum absolute atomic E-state index is 3.46. The first-order chi connectivity index (χ1) is 19.8. The number of allylic oxidation sites excluding steroid dienone is 8. The van der Waals surface area contributed by atoms with E-state index in [1.54, 1.807) is 0 Å². The van der Waals surface area contributed by atoms with Crippen molar-refractivity contribution in [2.24, 2.45) is 5.92 Å². The molecule has 0 saturated carbocycles. The first kappa shape index (κ1) is 38.9. The van der Waals surface area contributed by atoms with Gasteiger partial charge in [-0.25, -0.2) is 0 Å². The predicted octanol–water partition coefficient (Wildman–Crippen LogP) is 13.2. The summed E-state index contributed by atoms with van der Waals surface area (Å²) in [4.78, 5) is 0. The fourth-order valence-corrected chi connectivity index (χ4v) is 5.48.